The quantitative estimate of drug-likeness (QED) is 0.545. The molecule has 0 aliphatic carbocycles. The molecule has 0 saturated carbocycles. The highest BCUT2D eigenvalue weighted by atomic mass is 19.1. The number of rotatable bonds is 3. The maximum atomic E-state index is 15.7. The lowest BCUT2D eigenvalue weighted by atomic mass is 9.69. The summed E-state index contributed by atoms with van der Waals surface area (Å²) in [5, 5.41) is 15.4. The number of H-pyrrole nitrogens is 1. The molecule has 4 heterocycles. The number of benzene rings is 1. The topological polar surface area (TPSA) is 81.2 Å². The smallest absolute Gasteiger partial charge is 0.239 e. The Hall–Kier alpha value is -2.84. The van der Waals surface area contributed by atoms with Gasteiger partial charge in [-0.1, -0.05) is 19.9 Å². The molecule has 180 valence electrons. The maximum absolute atomic E-state index is 15.7. The molecule has 4 atom stereocenters. The lowest BCUT2D eigenvalue weighted by Gasteiger charge is -2.49. The van der Waals surface area contributed by atoms with Gasteiger partial charge in [-0.15, -0.1) is 0 Å². The first kappa shape index (κ1) is 22.9. The summed E-state index contributed by atoms with van der Waals surface area (Å²) >= 11 is 0. The zero-order chi connectivity index (χ0) is 24.2. The number of aliphatic hydroxyl groups is 1. The molecule has 2 saturated heterocycles. The second-order valence-electron chi connectivity index (χ2n) is 9.89. The van der Waals surface area contributed by atoms with Crippen LogP contribution in [0.4, 0.5) is 8.78 Å². The van der Waals surface area contributed by atoms with Gasteiger partial charge < -0.3 is 20.3 Å². The summed E-state index contributed by atoms with van der Waals surface area (Å²) in [7, 11) is 0. The van der Waals surface area contributed by atoms with Crippen molar-refractivity contribution in [2.75, 3.05) is 19.6 Å². The second-order valence-corrected chi connectivity index (χ2v) is 9.89. The monoisotopic (exact) mass is 468 g/mol. The number of piperidine rings is 1. The minimum atomic E-state index is -1.43. The number of fused-ring (bicyclic) bond motifs is 1. The number of nitrogens with zero attached hydrogens (tertiary/aromatic N) is 2. The Balaban J connectivity index is 1.50. The number of hydrogen-bond donors (Lipinski definition) is 3. The van der Waals surface area contributed by atoms with Crippen LogP contribution in [-0.4, -0.2) is 51.6 Å². The average molecular weight is 469 g/mol. The fourth-order valence-electron chi connectivity index (χ4n) is 5.95. The van der Waals surface area contributed by atoms with Crippen molar-refractivity contribution >= 4 is 16.9 Å². The minimum Gasteiger partial charge on any atom is -0.384 e. The fraction of sp³-hybridized carbons (Fsp3) is 0.462. The van der Waals surface area contributed by atoms with Crippen LogP contribution in [-0.2, 0) is 10.4 Å². The van der Waals surface area contributed by atoms with Crippen LogP contribution in [0, 0.1) is 30.4 Å². The highest BCUT2D eigenvalue weighted by Crippen LogP contribution is 2.45. The lowest BCUT2D eigenvalue weighted by Crippen LogP contribution is -2.58. The van der Waals surface area contributed by atoms with Gasteiger partial charge in [0.25, 0.3) is 0 Å². The van der Waals surface area contributed by atoms with Gasteiger partial charge in [0.05, 0.1) is 11.4 Å². The van der Waals surface area contributed by atoms with E-state index >= 15 is 4.39 Å². The number of aromatic nitrogens is 2. The van der Waals surface area contributed by atoms with E-state index in [9.17, 15) is 14.3 Å². The average Bonchev–Trinajstić information content (AvgIpc) is 3.47. The Morgan fingerprint density at radius 1 is 1.21 bits per heavy atom. The lowest BCUT2D eigenvalue weighted by molar-refractivity contribution is -0.151. The first-order valence-corrected chi connectivity index (χ1v) is 11.9. The van der Waals surface area contributed by atoms with Gasteiger partial charge in [-0.3, -0.25) is 4.79 Å². The molecule has 3 N–H and O–H groups in total. The number of carbonyl (C=O) groups excluding carboxylic acids is 1. The number of hydrogen-bond acceptors (Lipinski definition) is 4. The van der Waals surface area contributed by atoms with E-state index in [-0.39, 0.29) is 29.3 Å². The van der Waals surface area contributed by atoms with Crippen LogP contribution >= 0.6 is 0 Å². The van der Waals surface area contributed by atoms with Crippen molar-refractivity contribution in [2.24, 2.45) is 11.8 Å². The van der Waals surface area contributed by atoms with E-state index in [1.165, 1.54) is 12.3 Å². The largest absolute Gasteiger partial charge is 0.384 e. The first-order chi connectivity index (χ1) is 16.2. The van der Waals surface area contributed by atoms with E-state index in [1.807, 2.05) is 13.8 Å². The third kappa shape index (κ3) is 3.51. The molecule has 1 aromatic carbocycles. The predicted molar refractivity (Wildman–Crippen MR) is 126 cm³/mol. The molecule has 6 nitrogen and oxygen atoms in total. The van der Waals surface area contributed by atoms with Gasteiger partial charge in [0.1, 0.15) is 17.1 Å². The van der Waals surface area contributed by atoms with Gasteiger partial charge in [0.2, 0.25) is 5.91 Å². The number of aryl methyl sites for hydroxylation is 1. The Morgan fingerprint density at radius 2 is 1.94 bits per heavy atom. The summed E-state index contributed by atoms with van der Waals surface area (Å²) in [4.78, 5) is 21.7. The van der Waals surface area contributed by atoms with E-state index in [2.05, 4.69) is 15.3 Å². The minimum absolute atomic E-state index is 0.0565. The number of likely N-dealkylation sites (tertiary alicyclic amines) is 1. The predicted octanol–water partition coefficient (Wildman–Crippen LogP) is 3.87. The summed E-state index contributed by atoms with van der Waals surface area (Å²) < 4.78 is 30.1. The van der Waals surface area contributed by atoms with Gasteiger partial charge in [0, 0.05) is 42.9 Å². The molecular weight excluding hydrogens is 438 g/mol. The Kier molecular flexibility index (Phi) is 5.68. The molecule has 0 bridgehead atoms. The van der Waals surface area contributed by atoms with Crippen LogP contribution in [0.15, 0.2) is 30.6 Å². The van der Waals surface area contributed by atoms with Crippen LogP contribution in [0.3, 0.4) is 0 Å². The van der Waals surface area contributed by atoms with Crippen LogP contribution in [0.1, 0.15) is 37.8 Å². The van der Waals surface area contributed by atoms with Crippen molar-refractivity contribution < 1.29 is 18.7 Å². The molecule has 5 rings (SSSR count). The van der Waals surface area contributed by atoms with E-state index in [4.69, 9.17) is 0 Å². The van der Waals surface area contributed by atoms with Crippen molar-refractivity contribution in [3.8, 4) is 11.1 Å². The molecule has 2 aliphatic rings. The summed E-state index contributed by atoms with van der Waals surface area (Å²) in [6.45, 7) is 7.06. The van der Waals surface area contributed by atoms with E-state index in [1.54, 1.807) is 30.2 Å². The summed E-state index contributed by atoms with van der Waals surface area (Å²) in [6, 6.07) is 4.64. The zero-order valence-electron chi connectivity index (χ0n) is 19.7. The SMILES string of the molecule is Cc1cc(-c2ccnc3[nH]cc(F)c23)cc(F)c1[C@@]1(O)[C@H](C)CN(C(=O)[C@@H]2CCCN2)C[C@@H]1C. The Labute approximate surface area is 197 Å². The number of amides is 1. The highest BCUT2D eigenvalue weighted by molar-refractivity contribution is 5.93. The van der Waals surface area contributed by atoms with Gasteiger partial charge in [-0.25, -0.2) is 13.8 Å². The van der Waals surface area contributed by atoms with Crippen LogP contribution < -0.4 is 5.32 Å². The van der Waals surface area contributed by atoms with Crippen LogP contribution in [0.25, 0.3) is 22.2 Å². The molecule has 0 spiro atoms. The van der Waals surface area contributed by atoms with E-state index in [0.717, 1.165) is 19.4 Å². The summed E-state index contributed by atoms with van der Waals surface area (Å²) in [5.74, 6) is -1.66. The van der Waals surface area contributed by atoms with Gasteiger partial charge in [0.15, 0.2) is 5.82 Å². The number of aromatic amines is 1. The van der Waals surface area contributed by atoms with Crippen molar-refractivity contribution in [3.63, 3.8) is 0 Å². The molecule has 8 heteroatoms. The van der Waals surface area contributed by atoms with Gasteiger partial charge >= 0.3 is 0 Å². The Bertz CT molecular complexity index is 1220. The highest BCUT2D eigenvalue weighted by Gasteiger charge is 2.49. The van der Waals surface area contributed by atoms with Crippen LogP contribution in [0.2, 0.25) is 0 Å². The summed E-state index contributed by atoms with van der Waals surface area (Å²) in [6.07, 6.45) is 4.59. The second kappa shape index (κ2) is 8.43. The number of halogens is 2. The molecular formula is C26H30F2N4O2. The molecule has 2 aromatic heterocycles. The normalized spacial score (nSPS) is 27.5. The molecule has 1 amide bonds. The summed E-state index contributed by atoms with van der Waals surface area (Å²) in [5.41, 5.74) is 0.867. The van der Waals surface area contributed by atoms with Crippen LogP contribution in [0.5, 0.6) is 0 Å². The maximum Gasteiger partial charge on any atom is 0.239 e. The van der Waals surface area contributed by atoms with Gasteiger partial charge in [-0.05, 0) is 55.1 Å². The zero-order valence-corrected chi connectivity index (χ0v) is 19.7. The van der Waals surface area contributed by atoms with Crippen molar-refractivity contribution in [2.45, 2.75) is 45.3 Å². The third-order valence-electron chi connectivity index (χ3n) is 7.69. The Morgan fingerprint density at radius 3 is 2.59 bits per heavy atom. The fourth-order valence-corrected chi connectivity index (χ4v) is 5.95. The van der Waals surface area contributed by atoms with Crippen molar-refractivity contribution in [3.05, 3.63) is 53.4 Å². The van der Waals surface area contributed by atoms with Crippen molar-refractivity contribution in [1.82, 2.24) is 20.2 Å². The molecule has 0 unspecified atom stereocenters. The third-order valence-corrected chi connectivity index (χ3v) is 7.69. The van der Waals surface area contributed by atoms with Gasteiger partial charge in [-0.2, -0.15) is 0 Å². The van der Waals surface area contributed by atoms with E-state index < -0.39 is 17.2 Å². The van der Waals surface area contributed by atoms with E-state index in [0.29, 0.717) is 40.8 Å². The van der Waals surface area contributed by atoms with Crippen molar-refractivity contribution in [1.29, 1.82) is 0 Å². The molecule has 2 fully saturated rings. The first-order valence-electron chi connectivity index (χ1n) is 11.9. The molecule has 3 aromatic rings. The molecule has 0 radical (unpaired) electrons. The number of carbonyl (C=O) groups is 1. The molecule has 34 heavy (non-hydrogen) atoms. The number of nitrogens with one attached hydrogen (secondary N) is 2. The molecule has 2 aliphatic heterocycles. The number of pyridine rings is 1. The standard InChI is InChI=1S/C26H30F2N4O2/c1-14-9-17(18-6-8-30-24-22(18)20(28)11-31-24)10-19(27)23(14)26(34)15(2)12-32(13-16(26)3)25(33)21-5-4-7-29-21/h6,8-11,15-16,21,29,34H,4-5,7,12-13H2,1-3H3,(H,30,31)/t15-,16+,21-,26-/m0/s1.